The lowest BCUT2D eigenvalue weighted by Gasteiger charge is -2.26. The Hall–Kier alpha value is -1.00. The highest BCUT2D eigenvalue weighted by Crippen LogP contribution is 2.32. The van der Waals surface area contributed by atoms with Crippen LogP contribution in [0.4, 0.5) is 0 Å². The zero-order valence-corrected chi connectivity index (χ0v) is 17.9. The van der Waals surface area contributed by atoms with Crippen LogP contribution in [0.2, 0.25) is 0 Å². The third-order valence-corrected chi connectivity index (χ3v) is 6.37. The normalized spacial score (nSPS) is 29.1. The fraction of sp³-hybridized carbons (Fsp3) is 0.769. The second-order valence-corrected chi connectivity index (χ2v) is 8.69. The van der Waals surface area contributed by atoms with E-state index in [9.17, 15) is 0 Å². The average Bonchev–Trinajstić information content (AvgIpc) is 2.71. The molecule has 2 saturated carbocycles. The Labute approximate surface area is 169 Å². The molecule has 2 aliphatic carbocycles. The van der Waals surface area contributed by atoms with Gasteiger partial charge in [0.05, 0.1) is 6.10 Å². The smallest absolute Gasteiger partial charge is 0.0575 e. The zero-order chi connectivity index (χ0) is 19.2. The molecule has 0 unspecified atom stereocenters. The molecule has 1 nitrogen and oxygen atoms in total. The maximum absolute atomic E-state index is 5.87. The highest BCUT2D eigenvalue weighted by atomic mass is 16.5. The number of hydrogen-bond donors (Lipinski definition) is 0. The van der Waals surface area contributed by atoms with Crippen LogP contribution in [-0.4, -0.2) is 12.7 Å². The number of ether oxygens (including phenoxy) is 1. The first-order valence-corrected chi connectivity index (χ1v) is 11.8. The van der Waals surface area contributed by atoms with E-state index in [4.69, 9.17) is 4.74 Å². The molecular weight excluding hydrogens is 328 g/mol. The van der Waals surface area contributed by atoms with Crippen LogP contribution < -0.4 is 0 Å². The Kier molecular flexibility index (Phi) is 11.6. The molecule has 0 aromatic carbocycles. The van der Waals surface area contributed by atoms with Crippen LogP contribution in [0.15, 0.2) is 24.3 Å². The Morgan fingerprint density at radius 1 is 0.741 bits per heavy atom. The van der Waals surface area contributed by atoms with Gasteiger partial charge < -0.3 is 4.74 Å². The van der Waals surface area contributed by atoms with Crippen LogP contribution in [0.25, 0.3) is 0 Å². The van der Waals surface area contributed by atoms with Crippen molar-refractivity contribution in [2.24, 2.45) is 17.8 Å². The van der Waals surface area contributed by atoms with Crippen LogP contribution in [0.3, 0.4) is 0 Å². The first kappa shape index (κ1) is 22.3. The third-order valence-electron chi connectivity index (χ3n) is 6.37. The standard InChI is InChI=1S/C26H42O/c1-3-5-8-11-23-14-16-24(17-15-23)12-9-6-7-10-13-25-18-20-26(21-19-25)27-22-4-2/h9-10,12-13,23-26H,3-5,8,11,14-22H2,1-2H3/t23-,24-,25-,26-. The van der Waals surface area contributed by atoms with Crippen molar-refractivity contribution in [2.75, 3.05) is 6.61 Å². The molecule has 0 N–H and O–H groups in total. The highest BCUT2D eigenvalue weighted by Gasteiger charge is 2.20. The summed E-state index contributed by atoms with van der Waals surface area (Å²) in [7, 11) is 0. The molecule has 0 aromatic rings. The van der Waals surface area contributed by atoms with Gasteiger partial charge in [-0.1, -0.05) is 63.5 Å². The molecular formula is C26H42O. The van der Waals surface area contributed by atoms with Gasteiger partial charge in [-0.2, -0.15) is 0 Å². The maximum atomic E-state index is 5.87. The predicted octanol–water partition coefficient (Wildman–Crippen LogP) is 7.47. The lowest BCUT2D eigenvalue weighted by Crippen LogP contribution is -2.21. The molecule has 0 amide bonds. The van der Waals surface area contributed by atoms with Gasteiger partial charge in [-0.15, -0.1) is 0 Å². The Bertz CT molecular complexity index is 476. The largest absolute Gasteiger partial charge is 0.378 e. The van der Waals surface area contributed by atoms with E-state index in [1.807, 2.05) is 0 Å². The molecule has 1 heteroatoms. The van der Waals surface area contributed by atoms with E-state index < -0.39 is 0 Å². The van der Waals surface area contributed by atoms with E-state index in [-0.39, 0.29) is 0 Å². The van der Waals surface area contributed by atoms with Crippen molar-refractivity contribution in [1.82, 2.24) is 0 Å². The summed E-state index contributed by atoms with van der Waals surface area (Å²) in [5, 5.41) is 0. The molecule has 0 atom stereocenters. The molecule has 0 aliphatic heterocycles. The van der Waals surface area contributed by atoms with Crippen molar-refractivity contribution < 1.29 is 4.74 Å². The average molecular weight is 371 g/mol. The lowest BCUT2D eigenvalue weighted by atomic mass is 9.79. The molecule has 0 saturated heterocycles. The summed E-state index contributed by atoms with van der Waals surface area (Å²) >= 11 is 0. The van der Waals surface area contributed by atoms with Crippen molar-refractivity contribution in [3.63, 3.8) is 0 Å². The summed E-state index contributed by atoms with van der Waals surface area (Å²) in [5.41, 5.74) is 0. The van der Waals surface area contributed by atoms with Crippen molar-refractivity contribution in [3.05, 3.63) is 24.3 Å². The van der Waals surface area contributed by atoms with Crippen molar-refractivity contribution in [1.29, 1.82) is 0 Å². The van der Waals surface area contributed by atoms with E-state index in [0.29, 0.717) is 12.0 Å². The first-order chi connectivity index (χ1) is 13.3. The third kappa shape index (κ3) is 9.66. The van der Waals surface area contributed by atoms with Crippen LogP contribution in [0.1, 0.15) is 97.3 Å². The van der Waals surface area contributed by atoms with Gasteiger partial charge in [0.25, 0.3) is 0 Å². The number of hydrogen-bond acceptors (Lipinski definition) is 1. The van der Waals surface area contributed by atoms with Gasteiger partial charge in [0.1, 0.15) is 0 Å². The van der Waals surface area contributed by atoms with Gasteiger partial charge >= 0.3 is 0 Å². The Morgan fingerprint density at radius 2 is 1.33 bits per heavy atom. The lowest BCUT2D eigenvalue weighted by molar-refractivity contribution is 0.0227. The minimum Gasteiger partial charge on any atom is -0.378 e. The number of rotatable bonds is 9. The van der Waals surface area contributed by atoms with E-state index in [2.05, 4.69) is 50.0 Å². The summed E-state index contributed by atoms with van der Waals surface area (Å²) in [6.07, 6.45) is 26.7. The van der Waals surface area contributed by atoms with E-state index in [1.54, 1.807) is 0 Å². The van der Waals surface area contributed by atoms with Crippen LogP contribution in [-0.2, 0) is 4.74 Å². The first-order valence-electron chi connectivity index (χ1n) is 11.8. The zero-order valence-electron chi connectivity index (χ0n) is 17.9. The highest BCUT2D eigenvalue weighted by molar-refractivity contribution is 5.24. The molecule has 2 fully saturated rings. The van der Waals surface area contributed by atoms with E-state index >= 15 is 0 Å². The van der Waals surface area contributed by atoms with Gasteiger partial charge in [0, 0.05) is 6.61 Å². The topological polar surface area (TPSA) is 9.23 Å². The second kappa shape index (κ2) is 14.1. The monoisotopic (exact) mass is 370 g/mol. The minimum absolute atomic E-state index is 0.505. The number of allylic oxidation sites excluding steroid dienone is 4. The van der Waals surface area contributed by atoms with Crippen LogP contribution in [0.5, 0.6) is 0 Å². The molecule has 0 bridgehead atoms. The maximum Gasteiger partial charge on any atom is 0.0575 e. The summed E-state index contributed by atoms with van der Waals surface area (Å²) in [4.78, 5) is 0. The molecule has 0 aromatic heterocycles. The fourth-order valence-electron chi connectivity index (χ4n) is 4.55. The summed E-state index contributed by atoms with van der Waals surface area (Å²) in [6, 6.07) is 0. The predicted molar refractivity (Wildman–Crippen MR) is 118 cm³/mol. The fourth-order valence-corrected chi connectivity index (χ4v) is 4.55. The molecule has 0 heterocycles. The SMILES string of the molecule is CCCCC[C@H]1CC[C@H](C=CC#CC=C[C@H]2CC[C@H](OCCC)CC2)CC1. The molecule has 152 valence electrons. The summed E-state index contributed by atoms with van der Waals surface area (Å²) < 4.78 is 5.87. The van der Waals surface area contributed by atoms with Crippen LogP contribution in [0, 0.1) is 29.6 Å². The van der Waals surface area contributed by atoms with Gasteiger partial charge in [0.15, 0.2) is 0 Å². The van der Waals surface area contributed by atoms with Gasteiger partial charge in [-0.05, 0) is 87.7 Å². The van der Waals surface area contributed by atoms with Crippen molar-refractivity contribution >= 4 is 0 Å². The summed E-state index contributed by atoms with van der Waals surface area (Å²) in [6.45, 7) is 5.40. The molecule has 0 spiro atoms. The molecule has 27 heavy (non-hydrogen) atoms. The van der Waals surface area contributed by atoms with Crippen molar-refractivity contribution in [3.8, 4) is 11.8 Å². The van der Waals surface area contributed by atoms with Crippen molar-refractivity contribution in [2.45, 2.75) is 103 Å². The molecule has 0 radical (unpaired) electrons. The van der Waals surface area contributed by atoms with Gasteiger partial charge in [-0.3, -0.25) is 0 Å². The molecule has 2 aliphatic rings. The van der Waals surface area contributed by atoms with E-state index in [1.165, 1.54) is 77.0 Å². The van der Waals surface area contributed by atoms with Gasteiger partial charge in [-0.25, -0.2) is 0 Å². The van der Waals surface area contributed by atoms with E-state index in [0.717, 1.165) is 24.9 Å². The Morgan fingerprint density at radius 3 is 1.89 bits per heavy atom. The summed E-state index contributed by atoms with van der Waals surface area (Å²) in [5.74, 6) is 8.90. The van der Waals surface area contributed by atoms with Crippen LogP contribution >= 0.6 is 0 Å². The van der Waals surface area contributed by atoms with Gasteiger partial charge in [0.2, 0.25) is 0 Å². The Balaban J connectivity index is 1.57. The number of unbranched alkanes of at least 4 members (excludes halogenated alkanes) is 2. The molecule has 2 rings (SSSR count). The second-order valence-electron chi connectivity index (χ2n) is 8.69. The minimum atomic E-state index is 0.505. The quantitative estimate of drug-likeness (QED) is 0.302.